The maximum atomic E-state index is 12.0. The molecule has 0 aliphatic heterocycles. The van der Waals surface area contributed by atoms with Gasteiger partial charge in [-0.25, -0.2) is 9.89 Å². The van der Waals surface area contributed by atoms with Crippen LogP contribution in [0.1, 0.15) is 37.8 Å². The monoisotopic (exact) mass is 494 g/mol. The topological polar surface area (TPSA) is 159 Å². The van der Waals surface area contributed by atoms with E-state index in [0.717, 1.165) is 0 Å². The fourth-order valence-electron chi connectivity index (χ4n) is 2.72. The molecule has 0 fully saturated rings. The van der Waals surface area contributed by atoms with Crippen LogP contribution in [-0.2, 0) is 9.53 Å². The number of imide groups is 1. The van der Waals surface area contributed by atoms with Gasteiger partial charge in [-0.3, -0.25) is 14.9 Å². The summed E-state index contributed by atoms with van der Waals surface area (Å²) >= 11 is 12.5. The van der Waals surface area contributed by atoms with Crippen LogP contribution >= 0.6 is 23.2 Å². The van der Waals surface area contributed by atoms with Gasteiger partial charge in [0.15, 0.2) is 5.75 Å². The highest BCUT2D eigenvalue weighted by Crippen LogP contribution is 2.40. The Kier molecular flexibility index (Phi) is 8.90. The molecule has 1 heterocycles. The average Bonchev–Trinajstić information content (AvgIpc) is 2.72. The van der Waals surface area contributed by atoms with Crippen molar-refractivity contribution in [2.24, 2.45) is 10.2 Å². The van der Waals surface area contributed by atoms with Crippen molar-refractivity contribution >= 4 is 40.9 Å². The Morgan fingerprint density at radius 1 is 1.30 bits per heavy atom. The number of rotatable bonds is 7. The number of carbonyl (C=O) groups is 2. The third kappa shape index (κ3) is 6.50. The first-order valence-corrected chi connectivity index (χ1v) is 10.4. The first-order chi connectivity index (χ1) is 15.6. The van der Waals surface area contributed by atoms with Crippen molar-refractivity contribution < 1.29 is 19.1 Å². The van der Waals surface area contributed by atoms with Crippen LogP contribution in [0.4, 0.5) is 10.5 Å². The van der Waals surface area contributed by atoms with Crippen LogP contribution in [0, 0.1) is 18.3 Å². The summed E-state index contributed by atoms with van der Waals surface area (Å²) in [5.41, 5.74) is 0.854. The summed E-state index contributed by atoms with van der Waals surface area (Å²) in [6.07, 6.45) is -1.00. The third-order valence-electron chi connectivity index (χ3n) is 4.15. The molecule has 2 N–H and O–H groups in total. The van der Waals surface area contributed by atoms with Crippen LogP contribution in [-0.4, -0.2) is 34.8 Å². The third-order valence-corrected chi connectivity index (χ3v) is 4.71. The van der Waals surface area contributed by atoms with Crippen molar-refractivity contribution in [3.63, 3.8) is 0 Å². The second-order valence-corrected chi connectivity index (χ2v) is 7.66. The van der Waals surface area contributed by atoms with Crippen molar-refractivity contribution in [1.82, 2.24) is 15.5 Å². The number of alkyl carbamates (subject to hydrolysis) is 1. The van der Waals surface area contributed by atoms with E-state index in [2.05, 4.69) is 25.2 Å². The molecule has 1 unspecified atom stereocenters. The van der Waals surface area contributed by atoms with Gasteiger partial charge in [0.05, 0.1) is 22.3 Å². The molecule has 0 bridgehead atoms. The lowest BCUT2D eigenvalue weighted by Crippen LogP contribution is -2.37. The van der Waals surface area contributed by atoms with Crippen molar-refractivity contribution in [3.8, 4) is 17.7 Å². The van der Waals surface area contributed by atoms with Gasteiger partial charge in [0, 0.05) is 11.1 Å². The molecular formula is C20H20Cl2N6O5. The number of benzene rings is 1. The lowest BCUT2D eigenvalue weighted by molar-refractivity contribution is -0.120. The lowest BCUT2D eigenvalue weighted by Gasteiger charge is -2.14. The van der Waals surface area contributed by atoms with Crippen molar-refractivity contribution in [1.29, 1.82) is 5.26 Å². The molecule has 11 nitrogen and oxygen atoms in total. The summed E-state index contributed by atoms with van der Waals surface area (Å²) in [6.45, 7) is 7.03. The number of azo groups is 1. The number of H-pyrrole nitrogens is 1. The van der Waals surface area contributed by atoms with Gasteiger partial charge in [0.1, 0.15) is 6.07 Å². The van der Waals surface area contributed by atoms with Gasteiger partial charge in [-0.2, -0.15) is 15.5 Å². The first-order valence-electron chi connectivity index (χ1n) is 9.63. The standard InChI is InChI=1S/C20H20Cl2N6O5/c1-5-32-20(31)24-17(29)14(8-23)26-25-11-6-12(21)16(13(22)7-11)33-19-10(4)15(9(2)3)18(30)27-28-19/h6-7,9,14H,5H2,1-4H3,(H,27,30)(H,24,29,31). The van der Waals surface area contributed by atoms with Crippen LogP contribution in [0.15, 0.2) is 27.2 Å². The summed E-state index contributed by atoms with van der Waals surface area (Å²) in [7, 11) is 0. The number of hydrogen-bond acceptors (Lipinski definition) is 9. The summed E-state index contributed by atoms with van der Waals surface area (Å²) in [5, 5.41) is 24.8. The molecule has 1 aromatic heterocycles. The van der Waals surface area contributed by atoms with E-state index in [1.54, 1.807) is 19.9 Å². The molecule has 2 amide bonds. The van der Waals surface area contributed by atoms with Gasteiger partial charge in [-0.15, -0.1) is 5.10 Å². The second kappa shape index (κ2) is 11.4. The SMILES string of the molecule is CCOC(=O)NC(=O)C(C#N)N=Nc1cc(Cl)c(Oc2n[nH]c(=O)c(C(C)C)c2C)c(Cl)c1. The Bertz CT molecular complexity index is 1170. The molecule has 1 aromatic carbocycles. The van der Waals surface area contributed by atoms with E-state index in [4.69, 9.17) is 33.2 Å². The molecule has 0 radical (unpaired) electrons. The number of aromatic nitrogens is 2. The summed E-state index contributed by atoms with van der Waals surface area (Å²) < 4.78 is 10.3. The number of hydrogen-bond donors (Lipinski definition) is 2. The van der Waals surface area contributed by atoms with Crippen LogP contribution < -0.4 is 15.6 Å². The van der Waals surface area contributed by atoms with Gasteiger partial charge in [0.25, 0.3) is 11.5 Å². The minimum absolute atomic E-state index is 0.0411. The van der Waals surface area contributed by atoms with E-state index < -0.39 is 18.0 Å². The number of ether oxygens (including phenoxy) is 2. The second-order valence-electron chi connectivity index (χ2n) is 6.85. The highest BCUT2D eigenvalue weighted by molar-refractivity contribution is 6.37. The Labute approximate surface area is 198 Å². The quantitative estimate of drug-likeness (QED) is 0.533. The molecule has 13 heteroatoms. The zero-order valence-electron chi connectivity index (χ0n) is 18.1. The van der Waals surface area contributed by atoms with Crippen molar-refractivity contribution in [2.75, 3.05) is 6.61 Å². The Hall–Kier alpha value is -3.49. The van der Waals surface area contributed by atoms with Gasteiger partial charge in [-0.1, -0.05) is 37.0 Å². The Morgan fingerprint density at radius 3 is 2.48 bits per heavy atom. The highest BCUT2D eigenvalue weighted by atomic mass is 35.5. The van der Waals surface area contributed by atoms with E-state index >= 15 is 0 Å². The van der Waals surface area contributed by atoms with E-state index in [1.165, 1.54) is 12.1 Å². The molecule has 33 heavy (non-hydrogen) atoms. The molecule has 0 aliphatic carbocycles. The van der Waals surface area contributed by atoms with Crippen LogP contribution in [0.25, 0.3) is 0 Å². The summed E-state index contributed by atoms with van der Waals surface area (Å²) in [5.74, 6) is -0.887. The Balaban J connectivity index is 2.26. The van der Waals surface area contributed by atoms with Crippen molar-refractivity contribution in [3.05, 3.63) is 43.7 Å². The molecule has 2 aromatic rings. The molecule has 1 atom stereocenters. The number of carbonyl (C=O) groups excluding carboxylic acids is 2. The molecule has 174 valence electrons. The highest BCUT2D eigenvalue weighted by Gasteiger charge is 2.21. The fourth-order valence-corrected chi connectivity index (χ4v) is 3.27. The minimum atomic E-state index is -1.61. The zero-order chi connectivity index (χ0) is 24.7. The van der Waals surface area contributed by atoms with Gasteiger partial charge in [0.2, 0.25) is 11.9 Å². The maximum absolute atomic E-state index is 12.0. The molecule has 0 spiro atoms. The smallest absolute Gasteiger partial charge is 0.413 e. The lowest BCUT2D eigenvalue weighted by atomic mass is 10.0. The van der Waals surface area contributed by atoms with Crippen LogP contribution in [0.2, 0.25) is 10.0 Å². The van der Waals surface area contributed by atoms with E-state index in [0.29, 0.717) is 11.1 Å². The maximum Gasteiger partial charge on any atom is 0.413 e. The van der Waals surface area contributed by atoms with Crippen LogP contribution in [0.5, 0.6) is 11.6 Å². The van der Waals surface area contributed by atoms with E-state index in [1.807, 2.05) is 19.2 Å². The van der Waals surface area contributed by atoms with Crippen LogP contribution in [0.3, 0.4) is 0 Å². The minimum Gasteiger partial charge on any atom is -0.450 e. The normalized spacial score (nSPS) is 11.8. The molecular weight excluding hydrogens is 475 g/mol. The van der Waals surface area contributed by atoms with E-state index in [9.17, 15) is 14.4 Å². The zero-order valence-corrected chi connectivity index (χ0v) is 19.6. The van der Waals surface area contributed by atoms with Crippen molar-refractivity contribution in [2.45, 2.75) is 39.7 Å². The molecule has 0 saturated carbocycles. The molecule has 2 rings (SSSR count). The summed E-state index contributed by atoms with van der Waals surface area (Å²) in [4.78, 5) is 35.3. The number of amides is 2. The number of nitriles is 1. The number of nitrogens with one attached hydrogen (secondary N) is 2. The fraction of sp³-hybridized carbons (Fsp3) is 0.350. The van der Waals surface area contributed by atoms with E-state index in [-0.39, 0.29) is 45.4 Å². The number of aromatic amines is 1. The average molecular weight is 495 g/mol. The van der Waals surface area contributed by atoms with Gasteiger partial charge in [-0.05, 0) is 31.9 Å². The predicted octanol–water partition coefficient (Wildman–Crippen LogP) is 4.55. The summed E-state index contributed by atoms with van der Waals surface area (Å²) in [6, 6.07) is 2.69. The molecule has 0 aliphatic rings. The van der Waals surface area contributed by atoms with Gasteiger partial charge < -0.3 is 9.47 Å². The van der Waals surface area contributed by atoms with Gasteiger partial charge >= 0.3 is 6.09 Å². The Morgan fingerprint density at radius 2 is 1.94 bits per heavy atom. The predicted molar refractivity (Wildman–Crippen MR) is 119 cm³/mol. The number of nitrogens with zero attached hydrogens (tertiary/aromatic N) is 4. The number of halogens is 2. The first kappa shape index (κ1) is 25.8. The largest absolute Gasteiger partial charge is 0.450 e. The molecule has 0 saturated heterocycles.